The molecular weight excluding hydrogens is 761 g/mol. The second kappa shape index (κ2) is 16.8. The predicted molar refractivity (Wildman–Crippen MR) is 215 cm³/mol. The highest BCUT2D eigenvalue weighted by Gasteiger charge is 2.37. The topological polar surface area (TPSA) is 127 Å². The van der Waals surface area contributed by atoms with Crippen molar-refractivity contribution < 1.29 is 23.8 Å². The number of hydrogen-bond donors (Lipinski definition) is 1. The van der Waals surface area contributed by atoms with Gasteiger partial charge in [0.1, 0.15) is 30.7 Å². The number of amides is 2. The minimum atomic E-state index is -0.779. The van der Waals surface area contributed by atoms with E-state index in [1.165, 1.54) is 18.6 Å². The van der Waals surface area contributed by atoms with Crippen LogP contribution in [0.15, 0.2) is 122 Å². The van der Waals surface area contributed by atoms with Gasteiger partial charge in [0.05, 0.1) is 27.9 Å². The average molecular weight is 797 g/mol. The van der Waals surface area contributed by atoms with Gasteiger partial charge < -0.3 is 24.4 Å². The fraction of sp³-hybridized carbons (Fsp3) is 0.178. The molecule has 284 valence electrons. The summed E-state index contributed by atoms with van der Waals surface area (Å²) in [6, 6.07) is 33.8. The van der Waals surface area contributed by atoms with Crippen molar-refractivity contribution in [2.24, 2.45) is 0 Å². The highest BCUT2D eigenvalue weighted by atomic mass is 35.5. The fourth-order valence-electron chi connectivity index (χ4n) is 6.94. The Balaban J connectivity index is 0.934. The standard InChI is InChI=1S/C45H35Cl2N5O5/c46-37-14-5-30(19-38(37)47)26-55-36-12-10-33(11-13-36)43-27-56-41-21-34-20-40(52(25-35(34)22-42(41)57-43)45(54)39-24-49-17-18-50-39)44(53)51-16-15-28-1-6-31(7-2-28)32-8-3-29(23-48)4-9-32/h1-14,17-19,21-22,24,40,43H,15-16,20,25-27H2,(H,51,53). The number of carbonyl (C=O) groups excluding carboxylic acids is 2. The summed E-state index contributed by atoms with van der Waals surface area (Å²) >= 11 is 12.2. The third kappa shape index (κ3) is 8.55. The largest absolute Gasteiger partial charge is 0.489 e. The molecule has 8 rings (SSSR count). The van der Waals surface area contributed by atoms with Crippen LogP contribution in [0.4, 0.5) is 0 Å². The molecule has 57 heavy (non-hydrogen) atoms. The summed E-state index contributed by atoms with van der Waals surface area (Å²) in [4.78, 5) is 37.6. The van der Waals surface area contributed by atoms with Crippen molar-refractivity contribution in [1.29, 1.82) is 5.26 Å². The van der Waals surface area contributed by atoms with Crippen molar-refractivity contribution >= 4 is 35.0 Å². The van der Waals surface area contributed by atoms with Gasteiger partial charge in [-0.3, -0.25) is 14.6 Å². The normalized spacial score (nSPS) is 15.6. The predicted octanol–water partition coefficient (Wildman–Crippen LogP) is 8.34. The van der Waals surface area contributed by atoms with E-state index in [0.29, 0.717) is 59.0 Å². The van der Waals surface area contributed by atoms with E-state index in [1.807, 2.05) is 78.9 Å². The summed E-state index contributed by atoms with van der Waals surface area (Å²) < 4.78 is 18.6. The number of halogens is 2. The van der Waals surface area contributed by atoms with Gasteiger partial charge in [-0.1, -0.05) is 77.8 Å². The van der Waals surface area contributed by atoms with Gasteiger partial charge in [-0.2, -0.15) is 5.26 Å². The van der Waals surface area contributed by atoms with Crippen LogP contribution < -0.4 is 19.5 Å². The zero-order chi connectivity index (χ0) is 39.3. The SMILES string of the molecule is N#Cc1ccc(-c2ccc(CCNC(=O)C3Cc4cc5c(cc4CN3C(=O)c3cnccn3)OC(c3ccc(OCc4ccc(Cl)c(Cl)c4)cc3)CO5)cc2)cc1. The van der Waals surface area contributed by atoms with E-state index in [2.05, 4.69) is 21.4 Å². The van der Waals surface area contributed by atoms with Crippen LogP contribution in [0.25, 0.3) is 11.1 Å². The minimum Gasteiger partial charge on any atom is -0.489 e. The molecule has 6 aromatic rings. The van der Waals surface area contributed by atoms with Crippen LogP contribution >= 0.6 is 23.2 Å². The van der Waals surface area contributed by atoms with E-state index in [1.54, 1.807) is 29.2 Å². The first-order valence-electron chi connectivity index (χ1n) is 18.4. The summed E-state index contributed by atoms with van der Waals surface area (Å²) in [6.45, 7) is 1.20. The summed E-state index contributed by atoms with van der Waals surface area (Å²) in [5.74, 6) is 1.19. The van der Waals surface area contributed by atoms with Gasteiger partial charge in [-0.25, -0.2) is 4.98 Å². The van der Waals surface area contributed by atoms with Crippen LogP contribution in [-0.2, 0) is 30.8 Å². The van der Waals surface area contributed by atoms with Crippen LogP contribution in [0.3, 0.4) is 0 Å². The van der Waals surface area contributed by atoms with E-state index in [9.17, 15) is 9.59 Å². The van der Waals surface area contributed by atoms with E-state index in [0.717, 1.165) is 38.9 Å². The Bertz CT molecular complexity index is 2460. The van der Waals surface area contributed by atoms with Crippen molar-refractivity contribution in [3.05, 3.63) is 171 Å². The van der Waals surface area contributed by atoms with Crippen LogP contribution in [0, 0.1) is 11.3 Å². The molecular formula is C45H35Cl2N5O5. The number of nitrogens with one attached hydrogen (secondary N) is 1. The Morgan fingerprint density at radius 1 is 0.860 bits per heavy atom. The number of aromatic nitrogens is 2. The number of rotatable bonds is 10. The number of benzene rings is 5. The molecule has 10 nitrogen and oxygen atoms in total. The van der Waals surface area contributed by atoms with Crippen LogP contribution in [0.2, 0.25) is 10.0 Å². The van der Waals surface area contributed by atoms with E-state index in [-0.39, 0.29) is 36.6 Å². The van der Waals surface area contributed by atoms with Crippen LogP contribution in [-0.4, -0.2) is 45.9 Å². The van der Waals surface area contributed by atoms with Crippen LogP contribution in [0.1, 0.15) is 50.0 Å². The van der Waals surface area contributed by atoms with Gasteiger partial charge >= 0.3 is 0 Å². The third-order valence-electron chi connectivity index (χ3n) is 10.1. The first-order chi connectivity index (χ1) is 27.8. The van der Waals surface area contributed by atoms with Crippen molar-refractivity contribution in [1.82, 2.24) is 20.2 Å². The molecule has 0 saturated carbocycles. The lowest BCUT2D eigenvalue weighted by Gasteiger charge is -2.37. The molecule has 0 radical (unpaired) electrons. The second-order valence-electron chi connectivity index (χ2n) is 13.8. The Morgan fingerprint density at radius 3 is 2.32 bits per heavy atom. The maximum atomic E-state index is 13.9. The zero-order valence-electron chi connectivity index (χ0n) is 30.5. The lowest BCUT2D eigenvalue weighted by Crippen LogP contribution is -2.53. The molecule has 2 unspecified atom stereocenters. The molecule has 5 aromatic carbocycles. The molecule has 2 atom stereocenters. The number of ether oxygens (including phenoxy) is 3. The van der Waals surface area contributed by atoms with Gasteiger partial charge in [-0.15, -0.1) is 0 Å². The molecule has 0 fully saturated rings. The van der Waals surface area contributed by atoms with Gasteiger partial charge in [-0.05, 0) is 93.9 Å². The number of carbonyl (C=O) groups is 2. The van der Waals surface area contributed by atoms with Crippen molar-refractivity contribution in [2.75, 3.05) is 13.2 Å². The third-order valence-corrected chi connectivity index (χ3v) is 10.8. The lowest BCUT2D eigenvalue weighted by molar-refractivity contribution is -0.126. The quantitative estimate of drug-likeness (QED) is 0.147. The van der Waals surface area contributed by atoms with E-state index in [4.69, 9.17) is 42.7 Å². The zero-order valence-corrected chi connectivity index (χ0v) is 32.0. The molecule has 0 aliphatic carbocycles. The number of nitrogens with zero attached hydrogens (tertiary/aromatic N) is 4. The Morgan fingerprint density at radius 2 is 1.60 bits per heavy atom. The Kier molecular flexibility index (Phi) is 11.0. The Labute approximate surface area is 339 Å². The molecule has 2 aliphatic heterocycles. The summed E-state index contributed by atoms with van der Waals surface area (Å²) in [5, 5.41) is 13.1. The van der Waals surface area contributed by atoms with Crippen molar-refractivity contribution in [3.8, 4) is 34.4 Å². The minimum absolute atomic E-state index is 0.156. The van der Waals surface area contributed by atoms with Crippen molar-refractivity contribution in [3.63, 3.8) is 0 Å². The molecule has 0 saturated heterocycles. The number of nitriles is 1. The first-order valence-corrected chi connectivity index (χ1v) is 19.1. The summed E-state index contributed by atoms with van der Waals surface area (Å²) in [7, 11) is 0. The van der Waals surface area contributed by atoms with Gasteiger partial charge in [0, 0.05) is 31.9 Å². The summed E-state index contributed by atoms with van der Waals surface area (Å²) in [6.07, 6.45) is 4.90. The van der Waals surface area contributed by atoms with E-state index >= 15 is 0 Å². The Hall–Kier alpha value is -6.41. The molecule has 1 N–H and O–H groups in total. The average Bonchev–Trinajstić information content (AvgIpc) is 3.26. The van der Waals surface area contributed by atoms with Crippen molar-refractivity contribution in [2.45, 2.75) is 38.1 Å². The first kappa shape index (κ1) is 37.5. The lowest BCUT2D eigenvalue weighted by atomic mass is 9.92. The molecule has 2 aliphatic rings. The smallest absolute Gasteiger partial charge is 0.275 e. The molecule has 0 bridgehead atoms. The fourth-order valence-corrected chi connectivity index (χ4v) is 7.26. The number of hydrogen-bond acceptors (Lipinski definition) is 8. The molecule has 1 aromatic heterocycles. The van der Waals surface area contributed by atoms with Gasteiger partial charge in [0.25, 0.3) is 5.91 Å². The summed E-state index contributed by atoms with van der Waals surface area (Å²) in [5.41, 5.74) is 7.46. The highest BCUT2D eigenvalue weighted by molar-refractivity contribution is 6.42. The molecule has 0 spiro atoms. The molecule has 3 heterocycles. The van der Waals surface area contributed by atoms with Gasteiger partial charge in [0.15, 0.2) is 17.6 Å². The maximum absolute atomic E-state index is 13.9. The maximum Gasteiger partial charge on any atom is 0.275 e. The number of fused-ring (bicyclic) bond motifs is 2. The molecule has 12 heteroatoms. The molecule has 2 amide bonds. The second-order valence-corrected chi connectivity index (χ2v) is 14.6. The van der Waals surface area contributed by atoms with Gasteiger partial charge in [0.2, 0.25) is 5.91 Å². The van der Waals surface area contributed by atoms with Crippen LogP contribution in [0.5, 0.6) is 17.2 Å². The monoisotopic (exact) mass is 795 g/mol. The van der Waals surface area contributed by atoms with E-state index < -0.39 is 6.04 Å². The highest BCUT2D eigenvalue weighted by Crippen LogP contribution is 2.41.